The second-order valence-corrected chi connectivity index (χ2v) is 11.1. The number of hydrogen-bond donors (Lipinski definition) is 1. The molecular formula is C23H26NNaO5S2. The number of benzene rings is 1. The van der Waals surface area contributed by atoms with Crippen molar-refractivity contribution in [1.29, 1.82) is 0 Å². The van der Waals surface area contributed by atoms with Gasteiger partial charge in [-0.25, -0.2) is 16.8 Å². The third kappa shape index (κ3) is 7.04. The molecule has 0 radical (unpaired) electrons. The van der Waals surface area contributed by atoms with Crippen LogP contribution in [-0.4, -0.2) is 27.1 Å². The van der Waals surface area contributed by atoms with Gasteiger partial charge in [-0.05, 0) is 65.6 Å². The Labute approximate surface area is 212 Å². The minimum Gasteiger partial charge on any atom is -0.744 e. The van der Waals surface area contributed by atoms with E-state index in [4.69, 9.17) is 0 Å². The Bertz CT molecular complexity index is 1230. The molecule has 0 aromatic heterocycles. The first-order chi connectivity index (χ1) is 14.6. The Morgan fingerprint density at radius 3 is 2.09 bits per heavy atom. The SMILES string of the molecule is CC(C)c1ccc2c(CCCCS(=O)(=O)Nc3ccccc3)cc(S(=O)(=O)[O-])c-2cc1.[Na+]. The molecule has 0 bridgehead atoms. The largest absolute Gasteiger partial charge is 1.00 e. The molecule has 32 heavy (non-hydrogen) atoms. The average molecular weight is 484 g/mol. The van der Waals surface area contributed by atoms with Crippen molar-refractivity contribution in [2.75, 3.05) is 10.5 Å². The van der Waals surface area contributed by atoms with Crippen molar-refractivity contribution in [2.45, 2.75) is 43.9 Å². The van der Waals surface area contributed by atoms with Gasteiger partial charge in [0.1, 0.15) is 10.1 Å². The van der Waals surface area contributed by atoms with Gasteiger partial charge in [-0.1, -0.05) is 56.3 Å². The van der Waals surface area contributed by atoms with E-state index in [-0.39, 0.29) is 46.1 Å². The summed E-state index contributed by atoms with van der Waals surface area (Å²) in [7, 11) is -8.09. The molecule has 166 valence electrons. The summed E-state index contributed by atoms with van der Waals surface area (Å²) in [4.78, 5) is -0.221. The van der Waals surface area contributed by atoms with E-state index in [0.717, 1.165) is 11.1 Å². The first-order valence-corrected chi connectivity index (χ1v) is 13.2. The normalized spacial score (nSPS) is 12.0. The van der Waals surface area contributed by atoms with Crippen LogP contribution < -0.4 is 34.3 Å². The van der Waals surface area contributed by atoms with Crippen molar-refractivity contribution in [3.8, 4) is 11.1 Å². The molecule has 0 unspecified atom stereocenters. The fourth-order valence-electron chi connectivity index (χ4n) is 3.55. The molecule has 3 rings (SSSR count). The van der Waals surface area contributed by atoms with E-state index < -0.39 is 20.1 Å². The van der Waals surface area contributed by atoms with E-state index in [1.165, 1.54) is 6.07 Å². The van der Waals surface area contributed by atoms with Crippen molar-refractivity contribution < 1.29 is 50.9 Å². The minimum absolute atomic E-state index is 0. The zero-order valence-corrected chi connectivity index (χ0v) is 22.2. The van der Waals surface area contributed by atoms with Crippen molar-refractivity contribution in [3.05, 3.63) is 71.8 Å². The fraction of sp³-hybridized carbons (Fsp3) is 0.304. The molecule has 0 heterocycles. The van der Waals surface area contributed by atoms with Gasteiger partial charge in [-0.2, -0.15) is 0 Å². The predicted molar refractivity (Wildman–Crippen MR) is 122 cm³/mol. The number of rotatable bonds is 9. The van der Waals surface area contributed by atoms with E-state index in [1.54, 1.807) is 30.3 Å². The van der Waals surface area contributed by atoms with Gasteiger partial charge in [-0.3, -0.25) is 4.72 Å². The Balaban J connectivity index is 0.00000363. The van der Waals surface area contributed by atoms with E-state index in [1.807, 2.05) is 38.1 Å². The molecular weight excluding hydrogens is 457 g/mol. The van der Waals surface area contributed by atoms with Gasteiger partial charge in [0.05, 0.1) is 10.6 Å². The topological polar surface area (TPSA) is 103 Å². The number of hydrogen-bond acceptors (Lipinski definition) is 5. The molecule has 1 aromatic carbocycles. The molecule has 0 saturated heterocycles. The van der Waals surface area contributed by atoms with Gasteiger partial charge >= 0.3 is 29.6 Å². The smallest absolute Gasteiger partial charge is 0.744 e. The van der Waals surface area contributed by atoms with Crippen LogP contribution in [0.5, 0.6) is 0 Å². The maximum Gasteiger partial charge on any atom is 1.00 e. The van der Waals surface area contributed by atoms with Gasteiger partial charge in [0, 0.05) is 5.69 Å². The zero-order chi connectivity index (χ0) is 22.6. The summed E-state index contributed by atoms with van der Waals surface area (Å²) in [6, 6.07) is 17.4. The summed E-state index contributed by atoms with van der Waals surface area (Å²) >= 11 is 0. The fourth-order valence-corrected chi connectivity index (χ4v) is 5.46. The molecule has 6 nitrogen and oxygen atoms in total. The van der Waals surface area contributed by atoms with Crippen LogP contribution in [0.25, 0.3) is 11.1 Å². The van der Waals surface area contributed by atoms with E-state index in [2.05, 4.69) is 4.72 Å². The van der Waals surface area contributed by atoms with Gasteiger partial charge in [0.15, 0.2) is 0 Å². The molecule has 0 saturated carbocycles. The number of aryl methyl sites for hydroxylation is 1. The van der Waals surface area contributed by atoms with Crippen molar-refractivity contribution in [1.82, 2.24) is 0 Å². The van der Waals surface area contributed by atoms with E-state index in [0.29, 0.717) is 36.1 Å². The molecule has 2 aliphatic rings. The van der Waals surface area contributed by atoms with Crippen LogP contribution >= 0.6 is 0 Å². The summed E-state index contributed by atoms with van der Waals surface area (Å²) < 4.78 is 62.4. The van der Waals surface area contributed by atoms with Crippen molar-refractivity contribution in [2.24, 2.45) is 0 Å². The molecule has 9 heteroatoms. The first kappa shape index (κ1) is 26.8. The second-order valence-electron chi connectivity index (χ2n) is 7.88. The number of unbranched alkanes of at least 4 members (excludes halogenated alkanes) is 1. The quantitative estimate of drug-likeness (QED) is 0.283. The number of anilines is 1. The van der Waals surface area contributed by atoms with Crippen LogP contribution in [0.1, 0.15) is 43.7 Å². The molecule has 0 fully saturated rings. The molecule has 0 atom stereocenters. The van der Waals surface area contributed by atoms with Crippen LogP contribution in [0.2, 0.25) is 0 Å². The van der Waals surface area contributed by atoms with Crippen molar-refractivity contribution >= 4 is 25.8 Å². The minimum atomic E-state index is -4.62. The maximum absolute atomic E-state index is 12.3. The number of sulfonamides is 1. The van der Waals surface area contributed by atoms with E-state index >= 15 is 0 Å². The second kappa shape index (κ2) is 11.1. The molecule has 0 amide bonds. The summed E-state index contributed by atoms with van der Waals surface area (Å²) in [6.45, 7) is 4.08. The summed E-state index contributed by atoms with van der Waals surface area (Å²) in [5.41, 5.74) is 3.42. The van der Waals surface area contributed by atoms with E-state index in [9.17, 15) is 21.4 Å². The third-order valence-electron chi connectivity index (χ3n) is 5.18. The molecule has 1 N–H and O–H groups in total. The first-order valence-electron chi connectivity index (χ1n) is 10.1. The Kier molecular flexibility index (Phi) is 9.34. The van der Waals surface area contributed by atoms with Crippen LogP contribution in [0.3, 0.4) is 0 Å². The van der Waals surface area contributed by atoms with Gasteiger partial charge < -0.3 is 4.55 Å². The van der Waals surface area contributed by atoms with Crippen LogP contribution in [-0.2, 0) is 26.6 Å². The summed E-state index contributed by atoms with van der Waals surface area (Å²) in [5, 5.41) is 0. The molecule has 0 aliphatic heterocycles. The zero-order valence-electron chi connectivity index (χ0n) is 18.5. The third-order valence-corrected chi connectivity index (χ3v) is 7.43. The van der Waals surface area contributed by atoms with Crippen LogP contribution in [0.15, 0.2) is 65.6 Å². The summed E-state index contributed by atoms with van der Waals surface area (Å²) in [6.07, 6.45) is 1.43. The summed E-state index contributed by atoms with van der Waals surface area (Å²) in [5.74, 6) is 0.216. The van der Waals surface area contributed by atoms with Gasteiger partial charge in [0.25, 0.3) is 0 Å². The Morgan fingerprint density at radius 1 is 0.875 bits per heavy atom. The molecule has 1 aromatic rings. The number of fused-ring (bicyclic) bond motifs is 1. The van der Waals surface area contributed by atoms with Crippen molar-refractivity contribution in [3.63, 3.8) is 0 Å². The van der Waals surface area contributed by atoms with Crippen LogP contribution in [0.4, 0.5) is 5.69 Å². The predicted octanol–water partition coefficient (Wildman–Crippen LogP) is 1.59. The Hall–Kier alpha value is -1.42. The standard InChI is InChI=1S/C23H27NO5S2.Na/c1-17(2)18-11-13-21-19(16-23(31(27,28)29)22(21)14-12-18)8-6-7-15-30(25,26)24-20-9-4-3-5-10-20;/h3-5,9-14,16-17,24H,6-8,15H2,1-2H3,(H,27,28,29);/q;+1/p-1. The molecule has 0 spiro atoms. The number of nitrogens with one attached hydrogen (secondary N) is 1. The monoisotopic (exact) mass is 483 g/mol. The Morgan fingerprint density at radius 2 is 1.50 bits per heavy atom. The molecule has 2 aliphatic carbocycles. The maximum atomic E-state index is 12.3. The van der Waals surface area contributed by atoms with Gasteiger partial charge in [0.2, 0.25) is 10.0 Å². The average Bonchev–Trinajstić information content (AvgIpc) is 2.88. The van der Waals surface area contributed by atoms with Gasteiger partial charge in [-0.15, -0.1) is 0 Å². The number of para-hydroxylation sites is 1. The van der Waals surface area contributed by atoms with Crippen LogP contribution in [0, 0.1) is 0 Å².